The van der Waals surface area contributed by atoms with Crippen molar-refractivity contribution in [2.24, 2.45) is 5.92 Å². The monoisotopic (exact) mass is 362 g/mol. The van der Waals surface area contributed by atoms with Crippen molar-refractivity contribution in [2.45, 2.75) is 45.0 Å². The van der Waals surface area contributed by atoms with Crippen molar-refractivity contribution in [3.05, 3.63) is 24.3 Å². The first-order chi connectivity index (χ1) is 12.5. The zero-order valence-electron chi connectivity index (χ0n) is 15.4. The van der Waals surface area contributed by atoms with Crippen molar-refractivity contribution in [3.63, 3.8) is 0 Å². The Hall–Kier alpha value is -2.28. The van der Waals surface area contributed by atoms with E-state index in [-0.39, 0.29) is 23.9 Å². The van der Waals surface area contributed by atoms with Crippen LogP contribution in [-0.2, 0) is 19.1 Å². The van der Waals surface area contributed by atoms with Crippen LogP contribution >= 0.6 is 0 Å². The number of nitrogens with zero attached hydrogens (tertiary/aromatic N) is 1. The van der Waals surface area contributed by atoms with Crippen molar-refractivity contribution >= 4 is 17.6 Å². The second-order valence-electron chi connectivity index (χ2n) is 6.68. The van der Waals surface area contributed by atoms with Gasteiger partial charge in [-0.05, 0) is 44.0 Å². The van der Waals surface area contributed by atoms with Crippen LogP contribution in [0.2, 0.25) is 0 Å². The summed E-state index contributed by atoms with van der Waals surface area (Å²) in [5.41, 5.74) is 0.776. The fourth-order valence-corrected chi connectivity index (χ4v) is 3.69. The van der Waals surface area contributed by atoms with Gasteiger partial charge in [-0.25, -0.2) is 4.79 Å². The number of esters is 2. The van der Waals surface area contributed by atoms with Gasteiger partial charge in [0.15, 0.2) is 6.23 Å². The number of hydrogen-bond acceptors (Lipinski definition) is 7. The van der Waals surface area contributed by atoms with E-state index >= 15 is 0 Å². The van der Waals surface area contributed by atoms with Crippen LogP contribution in [0.25, 0.3) is 0 Å². The number of benzene rings is 1. The lowest BCUT2D eigenvalue weighted by Crippen LogP contribution is -2.47. The van der Waals surface area contributed by atoms with Crippen molar-refractivity contribution in [1.82, 2.24) is 4.90 Å². The maximum atomic E-state index is 12.6. The highest BCUT2D eigenvalue weighted by Gasteiger charge is 2.49. The molecule has 4 atom stereocenters. The van der Waals surface area contributed by atoms with Crippen molar-refractivity contribution in [1.29, 1.82) is 0 Å². The lowest BCUT2D eigenvalue weighted by molar-refractivity contribution is -0.152. The zero-order chi connectivity index (χ0) is 18.7. The van der Waals surface area contributed by atoms with Crippen molar-refractivity contribution in [2.75, 3.05) is 25.6 Å². The van der Waals surface area contributed by atoms with E-state index in [2.05, 4.69) is 10.2 Å². The van der Waals surface area contributed by atoms with Gasteiger partial charge in [0.1, 0.15) is 17.8 Å². The normalized spacial score (nSPS) is 24.5. The molecule has 0 aromatic heterocycles. The Morgan fingerprint density at radius 1 is 1.38 bits per heavy atom. The number of fused-ring (bicyclic) bond motifs is 1. The number of carbonyl (C=O) groups excluding carboxylic acids is 2. The number of carbonyl (C=O) groups is 2. The SMILES string of the molecule is CCOC(=O)[C@H](Nc1ccc(OC)cc1)[C@@H](C)C1OC(=O)[C@H]2CCCN12. The summed E-state index contributed by atoms with van der Waals surface area (Å²) in [7, 11) is 1.60. The molecule has 2 saturated heterocycles. The Morgan fingerprint density at radius 2 is 2.12 bits per heavy atom. The molecule has 2 heterocycles. The molecule has 2 fully saturated rings. The molecule has 0 aliphatic carbocycles. The predicted octanol–water partition coefficient (Wildman–Crippen LogP) is 2.02. The zero-order valence-corrected chi connectivity index (χ0v) is 15.4. The summed E-state index contributed by atoms with van der Waals surface area (Å²) < 4.78 is 16.0. The number of nitrogens with one attached hydrogen (secondary N) is 1. The molecule has 2 aliphatic heterocycles. The van der Waals surface area contributed by atoms with E-state index in [9.17, 15) is 9.59 Å². The molecule has 0 spiro atoms. The van der Waals surface area contributed by atoms with Crippen molar-refractivity contribution < 1.29 is 23.8 Å². The number of ether oxygens (including phenoxy) is 3. The van der Waals surface area contributed by atoms with Crippen LogP contribution in [-0.4, -0.2) is 55.4 Å². The topological polar surface area (TPSA) is 77.1 Å². The maximum absolute atomic E-state index is 12.6. The van der Waals surface area contributed by atoms with E-state index in [0.717, 1.165) is 30.8 Å². The minimum absolute atomic E-state index is 0.175. The van der Waals surface area contributed by atoms with Crippen LogP contribution in [0.3, 0.4) is 0 Å². The first-order valence-electron chi connectivity index (χ1n) is 9.08. The molecule has 142 valence electrons. The molecule has 0 amide bonds. The Bertz CT molecular complexity index is 648. The number of cyclic esters (lactones) is 1. The van der Waals surface area contributed by atoms with Crippen LogP contribution in [0.15, 0.2) is 24.3 Å². The fourth-order valence-electron chi connectivity index (χ4n) is 3.69. The second kappa shape index (κ2) is 7.95. The summed E-state index contributed by atoms with van der Waals surface area (Å²) in [6, 6.07) is 6.53. The Kier molecular flexibility index (Phi) is 5.66. The summed E-state index contributed by atoms with van der Waals surface area (Å²) in [6.07, 6.45) is 1.37. The molecule has 7 heteroatoms. The standard InChI is InChI=1S/C19H26N2O5/c1-4-25-19(23)16(20-13-7-9-14(24-3)10-8-13)12(2)17-21-11-5-6-15(21)18(22)26-17/h7-10,12,15-17,20H,4-6,11H2,1-3H3/t12-,15-,16-,17?/m1/s1. The van der Waals surface area contributed by atoms with Gasteiger partial charge in [-0.1, -0.05) is 6.92 Å². The average Bonchev–Trinajstić information content (AvgIpc) is 3.24. The minimum atomic E-state index is -0.625. The predicted molar refractivity (Wildman–Crippen MR) is 95.8 cm³/mol. The molecule has 1 aromatic carbocycles. The van der Waals surface area contributed by atoms with Gasteiger partial charge in [-0.3, -0.25) is 9.69 Å². The molecule has 1 aromatic rings. The minimum Gasteiger partial charge on any atom is -0.497 e. The lowest BCUT2D eigenvalue weighted by Gasteiger charge is -2.31. The van der Waals surface area contributed by atoms with E-state index in [1.54, 1.807) is 14.0 Å². The summed E-state index contributed by atoms with van der Waals surface area (Å²) in [6.45, 7) is 4.79. The first-order valence-corrected chi connectivity index (χ1v) is 9.08. The first kappa shape index (κ1) is 18.5. The Labute approximate surface area is 153 Å². The van der Waals surface area contributed by atoms with Gasteiger partial charge < -0.3 is 19.5 Å². The third kappa shape index (κ3) is 3.62. The smallest absolute Gasteiger partial charge is 0.329 e. The molecule has 2 aliphatic rings. The third-order valence-electron chi connectivity index (χ3n) is 5.06. The highest BCUT2D eigenvalue weighted by atomic mass is 16.6. The molecule has 0 bridgehead atoms. The van der Waals surface area contributed by atoms with Crippen LogP contribution in [0, 0.1) is 5.92 Å². The summed E-state index contributed by atoms with van der Waals surface area (Å²) in [4.78, 5) is 26.7. The molecule has 0 radical (unpaired) electrons. The molecule has 1 unspecified atom stereocenters. The van der Waals surface area contributed by atoms with E-state index in [1.165, 1.54) is 0 Å². The van der Waals surface area contributed by atoms with Gasteiger partial charge in [0.25, 0.3) is 0 Å². The van der Waals surface area contributed by atoms with Gasteiger partial charge >= 0.3 is 11.9 Å². The van der Waals surface area contributed by atoms with E-state index in [4.69, 9.17) is 14.2 Å². The van der Waals surface area contributed by atoms with E-state index < -0.39 is 12.3 Å². The van der Waals surface area contributed by atoms with Crippen LogP contribution < -0.4 is 10.1 Å². The number of methoxy groups -OCH3 is 1. The van der Waals surface area contributed by atoms with Gasteiger partial charge in [0, 0.05) is 18.2 Å². The van der Waals surface area contributed by atoms with Crippen LogP contribution in [0.5, 0.6) is 5.75 Å². The maximum Gasteiger partial charge on any atom is 0.329 e. The Morgan fingerprint density at radius 3 is 2.77 bits per heavy atom. The molecule has 3 rings (SSSR count). The highest BCUT2D eigenvalue weighted by molar-refractivity contribution is 5.81. The van der Waals surface area contributed by atoms with E-state index in [0.29, 0.717) is 6.61 Å². The lowest BCUT2D eigenvalue weighted by atomic mass is 9.98. The van der Waals surface area contributed by atoms with Gasteiger partial charge in [-0.2, -0.15) is 0 Å². The summed E-state index contributed by atoms with van der Waals surface area (Å²) in [5.74, 6) is -0.0648. The van der Waals surface area contributed by atoms with Gasteiger partial charge in [0.05, 0.1) is 13.7 Å². The average molecular weight is 362 g/mol. The summed E-state index contributed by atoms with van der Waals surface area (Å²) in [5, 5.41) is 3.24. The largest absolute Gasteiger partial charge is 0.497 e. The number of rotatable bonds is 7. The molecule has 0 saturated carbocycles. The molecular formula is C19H26N2O5. The van der Waals surface area contributed by atoms with Crippen LogP contribution in [0.4, 0.5) is 5.69 Å². The van der Waals surface area contributed by atoms with Crippen molar-refractivity contribution in [3.8, 4) is 5.75 Å². The number of anilines is 1. The molecule has 1 N–H and O–H groups in total. The second-order valence-corrected chi connectivity index (χ2v) is 6.68. The van der Waals surface area contributed by atoms with Gasteiger partial charge in [0.2, 0.25) is 0 Å². The van der Waals surface area contributed by atoms with E-state index in [1.807, 2.05) is 31.2 Å². The fraction of sp³-hybridized carbons (Fsp3) is 0.579. The molecular weight excluding hydrogens is 336 g/mol. The molecule has 26 heavy (non-hydrogen) atoms. The number of hydrogen-bond donors (Lipinski definition) is 1. The van der Waals surface area contributed by atoms with Crippen LogP contribution in [0.1, 0.15) is 26.7 Å². The highest BCUT2D eigenvalue weighted by Crippen LogP contribution is 2.33. The van der Waals surface area contributed by atoms with Gasteiger partial charge in [-0.15, -0.1) is 0 Å². The quantitative estimate of drug-likeness (QED) is 0.744. The summed E-state index contributed by atoms with van der Waals surface area (Å²) >= 11 is 0. The third-order valence-corrected chi connectivity index (χ3v) is 5.06. The molecule has 7 nitrogen and oxygen atoms in total. The Balaban J connectivity index is 1.78.